The normalized spacial score (nSPS) is 14.3. The van der Waals surface area contributed by atoms with Crippen LogP contribution in [-0.4, -0.2) is 10.9 Å². The number of nitrogens with zero attached hydrogens (tertiary/aromatic N) is 1. The summed E-state index contributed by atoms with van der Waals surface area (Å²) in [4.78, 5) is 15.8. The van der Waals surface area contributed by atoms with Gasteiger partial charge in [0.2, 0.25) is 0 Å². The Bertz CT molecular complexity index is 413. The molecule has 0 saturated carbocycles. The first-order valence-electron chi connectivity index (χ1n) is 5.12. The Morgan fingerprint density at radius 1 is 1.53 bits per heavy atom. The molecule has 15 heavy (non-hydrogen) atoms. The van der Waals surface area contributed by atoms with Gasteiger partial charge in [0, 0.05) is 13.1 Å². The molecule has 1 amide bonds. The largest absolute Gasteiger partial charge is 0.366 e. The zero-order valence-electron chi connectivity index (χ0n) is 9.00. The molecule has 2 heterocycles. The summed E-state index contributed by atoms with van der Waals surface area (Å²) >= 11 is 0. The molecule has 3 N–H and O–H groups in total. The maximum absolute atomic E-state index is 11.3. The van der Waals surface area contributed by atoms with Crippen molar-refractivity contribution in [2.24, 2.45) is 5.73 Å². The van der Waals surface area contributed by atoms with Crippen LogP contribution < -0.4 is 11.1 Å². The fourth-order valence-corrected chi connectivity index (χ4v) is 1.87. The minimum absolute atomic E-state index is 0.221. The van der Waals surface area contributed by atoms with E-state index >= 15 is 0 Å². The molecule has 0 bridgehead atoms. The molecule has 0 aromatic carbocycles. The monoisotopic (exact) mass is 205 g/mol. The molecule has 0 atom stereocenters. The van der Waals surface area contributed by atoms with Gasteiger partial charge in [-0.05, 0) is 17.5 Å². The molecule has 80 valence electrons. The van der Waals surface area contributed by atoms with E-state index in [0.29, 0.717) is 5.56 Å². The van der Waals surface area contributed by atoms with Gasteiger partial charge >= 0.3 is 0 Å². The summed E-state index contributed by atoms with van der Waals surface area (Å²) in [7, 11) is 0. The number of fused-ring (bicyclic) bond motifs is 1. The van der Waals surface area contributed by atoms with Crippen LogP contribution in [0.25, 0.3) is 0 Å². The van der Waals surface area contributed by atoms with Crippen LogP contribution in [0.5, 0.6) is 0 Å². The SMILES string of the molecule is CC(C)c1nc2c(cc1C(N)=O)CNC2. The van der Waals surface area contributed by atoms with Gasteiger partial charge in [-0.15, -0.1) is 0 Å². The number of aromatic nitrogens is 1. The molecule has 1 aromatic rings. The van der Waals surface area contributed by atoms with Gasteiger partial charge in [-0.1, -0.05) is 13.8 Å². The van der Waals surface area contributed by atoms with Crippen LogP contribution in [-0.2, 0) is 13.1 Å². The van der Waals surface area contributed by atoms with Gasteiger partial charge in [0.1, 0.15) is 0 Å². The summed E-state index contributed by atoms with van der Waals surface area (Å²) in [6.07, 6.45) is 0. The van der Waals surface area contributed by atoms with E-state index in [1.54, 1.807) is 0 Å². The average Bonchev–Trinajstić information content (AvgIpc) is 2.61. The van der Waals surface area contributed by atoms with Crippen molar-refractivity contribution in [2.75, 3.05) is 0 Å². The predicted molar refractivity (Wildman–Crippen MR) is 57.4 cm³/mol. The van der Waals surface area contributed by atoms with E-state index in [1.807, 2.05) is 19.9 Å². The number of primary amides is 1. The van der Waals surface area contributed by atoms with Crippen molar-refractivity contribution in [2.45, 2.75) is 32.9 Å². The van der Waals surface area contributed by atoms with Gasteiger partial charge in [-0.2, -0.15) is 0 Å². The quantitative estimate of drug-likeness (QED) is 0.754. The van der Waals surface area contributed by atoms with Gasteiger partial charge in [0.25, 0.3) is 5.91 Å². The van der Waals surface area contributed by atoms with Gasteiger partial charge in [-0.3, -0.25) is 9.78 Å². The molecule has 1 aliphatic rings. The first-order chi connectivity index (χ1) is 7.09. The first-order valence-corrected chi connectivity index (χ1v) is 5.12. The Labute approximate surface area is 88.9 Å². The first kappa shape index (κ1) is 10.1. The van der Waals surface area contributed by atoms with Gasteiger partial charge in [0.05, 0.1) is 17.0 Å². The lowest BCUT2D eigenvalue weighted by molar-refractivity contribution is 0.0998. The third kappa shape index (κ3) is 1.72. The lowest BCUT2D eigenvalue weighted by Crippen LogP contribution is -2.16. The number of hydrogen-bond acceptors (Lipinski definition) is 3. The van der Waals surface area contributed by atoms with Crippen LogP contribution in [0.15, 0.2) is 6.07 Å². The highest BCUT2D eigenvalue weighted by Gasteiger charge is 2.19. The smallest absolute Gasteiger partial charge is 0.250 e. The molecule has 0 spiro atoms. The molecule has 4 nitrogen and oxygen atoms in total. The summed E-state index contributed by atoms with van der Waals surface area (Å²) in [6.45, 7) is 5.60. The molecular formula is C11H15N3O. The van der Waals surface area contributed by atoms with Crippen LogP contribution in [0, 0.1) is 0 Å². The van der Waals surface area contributed by atoms with Crippen molar-refractivity contribution in [3.8, 4) is 0 Å². The van der Waals surface area contributed by atoms with E-state index < -0.39 is 0 Å². The zero-order valence-corrected chi connectivity index (χ0v) is 9.00. The molecule has 2 rings (SSSR count). The maximum atomic E-state index is 11.3. The molecule has 0 fully saturated rings. The van der Waals surface area contributed by atoms with Crippen molar-refractivity contribution in [1.82, 2.24) is 10.3 Å². The molecule has 0 unspecified atom stereocenters. The molecule has 4 heteroatoms. The molecule has 1 aromatic heterocycles. The topological polar surface area (TPSA) is 68.0 Å². The minimum atomic E-state index is -0.388. The lowest BCUT2D eigenvalue weighted by Gasteiger charge is -2.11. The maximum Gasteiger partial charge on any atom is 0.250 e. The molecule has 1 aliphatic heterocycles. The second kappa shape index (κ2) is 3.62. The minimum Gasteiger partial charge on any atom is -0.366 e. The van der Waals surface area contributed by atoms with Gasteiger partial charge in [-0.25, -0.2) is 0 Å². The molecule has 0 aliphatic carbocycles. The van der Waals surface area contributed by atoms with Crippen molar-refractivity contribution in [3.05, 3.63) is 28.6 Å². The number of carbonyl (C=O) groups is 1. The fourth-order valence-electron chi connectivity index (χ4n) is 1.87. The Balaban J connectivity index is 2.57. The zero-order chi connectivity index (χ0) is 11.0. The lowest BCUT2D eigenvalue weighted by atomic mass is 10.0. The van der Waals surface area contributed by atoms with E-state index in [-0.39, 0.29) is 11.8 Å². The van der Waals surface area contributed by atoms with E-state index in [1.165, 1.54) is 0 Å². The number of pyridine rings is 1. The van der Waals surface area contributed by atoms with E-state index in [9.17, 15) is 4.79 Å². The van der Waals surface area contributed by atoms with Crippen molar-refractivity contribution < 1.29 is 4.79 Å². The number of hydrogen-bond donors (Lipinski definition) is 2. The summed E-state index contributed by atoms with van der Waals surface area (Å²) in [5.41, 5.74) is 8.86. The van der Waals surface area contributed by atoms with E-state index in [0.717, 1.165) is 30.0 Å². The van der Waals surface area contributed by atoms with E-state index in [2.05, 4.69) is 10.3 Å². The summed E-state index contributed by atoms with van der Waals surface area (Å²) in [6, 6.07) is 1.88. The van der Waals surface area contributed by atoms with Gasteiger partial charge in [0.15, 0.2) is 0 Å². The number of amides is 1. The standard InChI is InChI=1S/C11H15N3O/c1-6(2)10-8(11(12)15)3-7-4-13-5-9(7)14-10/h3,6,13H,4-5H2,1-2H3,(H2,12,15). The van der Waals surface area contributed by atoms with Crippen molar-refractivity contribution >= 4 is 5.91 Å². The summed E-state index contributed by atoms with van der Waals surface area (Å²) in [5, 5.41) is 3.21. The summed E-state index contributed by atoms with van der Waals surface area (Å²) in [5.74, 6) is -0.167. The number of rotatable bonds is 2. The highest BCUT2D eigenvalue weighted by Crippen LogP contribution is 2.22. The Morgan fingerprint density at radius 2 is 2.27 bits per heavy atom. The van der Waals surface area contributed by atoms with Gasteiger partial charge < -0.3 is 11.1 Å². The van der Waals surface area contributed by atoms with Crippen LogP contribution in [0.2, 0.25) is 0 Å². The Hall–Kier alpha value is -1.42. The van der Waals surface area contributed by atoms with Crippen LogP contribution in [0.4, 0.5) is 0 Å². The second-order valence-corrected chi connectivity index (χ2v) is 4.15. The van der Waals surface area contributed by atoms with Crippen molar-refractivity contribution in [3.63, 3.8) is 0 Å². The molecule has 0 saturated heterocycles. The van der Waals surface area contributed by atoms with Crippen LogP contribution in [0.1, 0.15) is 47.1 Å². The molecular weight excluding hydrogens is 190 g/mol. The number of nitrogens with two attached hydrogens (primary N) is 1. The van der Waals surface area contributed by atoms with E-state index in [4.69, 9.17) is 5.73 Å². The third-order valence-electron chi connectivity index (χ3n) is 2.64. The Kier molecular flexibility index (Phi) is 2.44. The molecule has 0 radical (unpaired) electrons. The van der Waals surface area contributed by atoms with Crippen LogP contribution >= 0.6 is 0 Å². The number of nitrogens with one attached hydrogen (secondary N) is 1. The second-order valence-electron chi connectivity index (χ2n) is 4.15. The highest BCUT2D eigenvalue weighted by molar-refractivity contribution is 5.94. The fraction of sp³-hybridized carbons (Fsp3) is 0.455. The van der Waals surface area contributed by atoms with Crippen molar-refractivity contribution in [1.29, 1.82) is 0 Å². The summed E-state index contributed by atoms with van der Waals surface area (Å²) < 4.78 is 0. The average molecular weight is 205 g/mol. The highest BCUT2D eigenvalue weighted by atomic mass is 16.1. The van der Waals surface area contributed by atoms with Crippen LogP contribution in [0.3, 0.4) is 0 Å². The third-order valence-corrected chi connectivity index (χ3v) is 2.64. The predicted octanol–water partition coefficient (Wildman–Crippen LogP) is 0.907. The Morgan fingerprint density at radius 3 is 2.87 bits per heavy atom. The number of carbonyl (C=O) groups excluding carboxylic acids is 1.